The van der Waals surface area contributed by atoms with Crippen LogP contribution in [0, 0.1) is 11.8 Å². The molecule has 0 unspecified atom stereocenters. The number of allylic oxidation sites excluding steroid dienone is 1. The lowest BCUT2D eigenvalue weighted by Crippen LogP contribution is -2.19. The van der Waals surface area contributed by atoms with Crippen molar-refractivity contribution in [1.29, 1.82) is 0 Å². The maximum absolute atomic E-state index is 5.68. The molecule has 70 valence electrons. The van der Waals surface area contributed by atoms with Crippen LogP contribution in [0.15, 0.2) is 16.9 Å². The van der Waals surface area contributed by atoms with Gasteiger partial charge in [-0.05, 0) is 5.92 Å². The van der Waals surface area contributed by atoms with E-state index >= 15 is 0 Å². The Morgan fingerprint density at radius 2 is 1.67 bits per heavy atom. The molecule has 0 heterocycles. The average molecular weight is 169 g/mol. The monoisotopic (exact) mass is 169 g/mol. The predicted molar refractivity (Wildman–Crippen MR) is 53.6 cm³/mol. The molecule has 0 saturated heterocycles. The van der Waals surface area contributed by atoms with Crippen LogP contribution in [-0.4, -0.2) is 5.84 Å². The lowest BCUT2D eigenvalue weighted by atomic mass is 10.1. The first-order valence-corrected chi connectivity index (χ1v) is 4.24. The number of nitrogens with zero attached hydrogens (tertiary/aromatic N) is 1. The van der Waals surface area contributed by atoms with Crippen LogP contribution in [0.2, 0.25) is 0 Å². The SMILES string of the molecule is CC(C)C(N)=N/C(=C\N)C(C)C. The summed E-state index contributed by atoms with van der Waals surface area (Å²) in [6, 6.07) is 0. The van der Waals surface area contributed by atoms with E-state index in [4.69, 9.17) is 11.5 Å². The summed E-state index contributed by atoms with van der Waals surface area (Å²) in [6.07, 6.45) is 1.51. The van der Waals surface area contributed by atoms with E-state index in [1.807, 2.05) is 27.7 Å². The van der Waals surface area contributed by atoms with E-state index in [1.165, 1.54) is 6.20 Å². The number of amidine groups is 1. The van der Waals surface area contributed by atoms with E-state index < -0.39 is 0 Å². The average Bonchev–Trinajstić information content (AvgIpc) is 1.98. The Morgan fingerprint density at radius 1 is 1.17 bits per heavy atom. The minimum Gasteiger partial charge on any atom is -0.403 e. The summed E-state index contributed by atoms with van der Waals surface area (Å²) in [5.74, 6) is 1.24. The fourth-order valence-corrected chi connectivity index (χ4v) is 0.637. The Bertz CT molecular complexity index is 190. The first-order chi connectivity index (χ1) is 5.49. The van der Waals surface area contributed by atoms with Gasteiger partial charge in [0.1, 0.15) is 5.84 Å². The van der Waals surface area contributed by atoms with Crippen molar-refractivity contribution >= 4 is 5.84 Å². The van der Waals surface area contributed by atoms with Gasteiger partial charge in [0.05, 0.1) is 5.70 Å². The van der Waals surface area contributed by atoms with E-state index in [2.05, 4.69) is 4.99 Å². The number of aliphatic imine (C=N–C) groups is 1. The molecule has 0 aromatic rings. The van der Waals surface area contributed by atoms with Gasteiger partial charge in [-0.1, -0.05) is 27.7 Å². The molecular formula is C9H19N3. The van der Waals surface area contributed by atoms with Crippen LogP contribution < -0.4 is 11.5 Å². The molecule has 0 aliphatic heterocycles. The summed E-state index contributed by atoms with van der Waals surface area (Å²) in [6.45, 7) is 8.09. The van der Waals surface area contributed by atoms with Gasteiger partial charge in [0.2, 0.25) is 0 Å². The maximum atomic E-state index is 5.68. The fraction of sp³-hybridized carbons (Fsp3) is 0.667. The van der Waals surface area contributed by atoms with E-state index in [9.17, 15) is 0 Å². The molecule has 12 heavy (non-hydrogen) atoms. The number of hydrogen-bond donors (Lipinski definition) is 2. The van der Waals surface area contributed by atoms with E-state index in [0.717, 1.165) is 5.70 Å². The molecule has 3 nitrogen and oxygen atoms in total. The van der Waals surface area contributed by atoms with E-state index in [-0.39, 0.29) is 5.92 Å². The highest BCUT2D eigenvalue weighted by atomic mass is 14.9. The third-order valence-corrected chi connectivity index (χ3v) is 1.61. The second kappa shape index (κ2) is 4.80. The van der Waals surface area contributed by atoms with Crippen LogP contribution in [0.25, 0.3) is 0 Å². The second-order valence-electron chi connectivity index (χ2n) is 3.44. The van der Waals surface area contributed by atoms with Gasteiger partial charge in [-0.2, -0.15) is 0 Å². The number of nitrogens with two attached hydrogens (primary N) is 2. The Balaban J connectivity index is 4.49. The zero-order valence-corrected chi connectivity index (χ0v) is 8.33. The first kappa shape index (κ1) is 11.0. The maximum Gasteiger partial charge on any atom is 0.102 e. The van der Waals surface area contributed by atoms with Gasteiger partial charge < -0.3 is 11.5 Å². The van der Waals surface area contributed by atoms with Crippen LogP contribution in [0.5, 0.6) is 0 Å². The topological polar surface area (TPSA) is 64.4 Å². The predicted octanol–water partition coefficient (Wildman–Crippen LogP) is 1.46. The molecule has 4 N–H and O–H groups in total. The lowest BCUT2D eigenvalue weighted by molar-refractivity contribution is 0.746. The summed E-state index contributed by atoms with van der Waals surface area (Å²) in [7, 11) is 0. The van der Waals surface area contributed by atoms with Crippen molar-refractivity contribution < 1.29 is 0 Å². The second-order valence-corrected chi connectivity index (χ2v) is 3.44. The molecule has 0 bridgehead atoms. The van der Waals surface area contributed by atoms with Gasteiger partial charge in [0, 0.05) is 12.1 Å². The van der Waals surface area contributed by atoms with Gasteiger partial charge in [0.15, 0.2) is 0 Å². The molecule has 0 amide bonds. The van der Waals surface area contributed by atoms with Gasteiger partial charge in [0.25, 0.3) is 0 Å². The highest BCUT2D eigenvalue weighted by molar-refractivity contribution is 5.83. The Hall–Kier alpha value is -0.990. The zero-order valence-electron chi connectivity index (χ0n) is 8.33. The summed E-state index contributed by atoms with van der Waals surface area (Å²) in [5, 5.41) is 0. The first-order valence-electron chi connectivity index (χ1n) is 4.24. The fourth-order valence-electron chi connectivity index (χ4n) is 0.637. The zero-order chi connectivity index (χ0) is 9.72. The molecular weight excluding hydrogens is 150 g/mol. The molecule has 0 aromatic heterocycles. The minimum absolute atomic E-state index is 0.277. The largest absolute Gasteiger partial charge is 0.403 e. The molecule has 0 radical (unpaired) electrons. The van der Waals surface area contributed by atoms with Crippen molar-refractivity contribution in [3.05, 3.63) is 11.9 Å². The molecule has 0 atom stereocenters. The summed E-state index contributed by atoms with van der Waals surface area (Å²) >= 11 is 0. The molecule has 0 aromatic carbocycles. The summed E-state index contributed by atoms with van der Waals surface area (Å²) < 4.78 is 0. The normalized spacial score (nSPS) is 14.5. The third kappa shape index (κ3) is 3.42. The van der Waals surface area contributed by atoms with Crippen LogP contribution in [0.3, 0.4) is 0 Å². The molecule has 3 heteroatoms. The van der Waals surface area contributed by atoms with Gasteiger partial charge in [-0.3, -0.25) is 0 Å². The minimum atomic E-state index is 0.277. The van der Waals surface area contributed by atoms with Crippen molar-refractivity contribution in [2.24, 2.45) is 28.3 Å². The Labute approximate surface area is 74.5 Å². The molecule has 0 rings (SSSR count). The van der Waals surface area contributed by atoms with Crippen molar-refractivity contribution in [2.45, 2.75) is 27.7 Å². The summed E-state index contributed by atoms with van der Waals surface area (Å²) in [4.78, 5) is 4.22. The lowest BCUT2D eigenvalue weighted by Gasteiger charge is -2.08. The van der Waals surface area contributed by atoms with Crippen molar-refractivity contribution in [2.75, 3.05) is 0 Å². The van der Waals surface area contributed by atoms with Crippen LogP contribution >= 0.6 is 0 Å². The Kier molecular flexibility index (Phi) is 4.40. The van der Waals surface area contributed by atoms with Crippen molar-refractivity contribution in [3.8, 4) is 0 Å². The van der Waals surface area contributed by atoms with E-state index in [0.29, 0.717) is 11.8 Å². The van der Waals surface area contributed by atoms with Gasteiger partial charge in [-0.25, -0.2) is 4.99 Å². The molecule has 0 saturated carbocycles. The van der Waals surface area contributed by atoms with Gasteiger partial charge in [-0.15, -0.1) is 0 Å². The standard InChI is InChI=1S/C9H19N3/c1-6(2)8(5-10)12-9(11)7(3)4/h5-7H,10H2,1-4H3,(H2,11,12)/b8-5-. The van der Waals surface area contributed by atoms with Crippen LogP contribution in [0.1, 0.15) is 27.7 Å². The smallest absolute Gasteiger partial charge is 0.102 e. The molecule has 0 aliphatic rings. The summed E-state index contributed by atoms with van der Waals surface area (Å²) in [5.41, 5.74) is 11.9. The highest BCUT2D eigenvalue weighted by Gasteiger charge is 2.04. The van der Waals surface area contributed by atoms with Crippen LogP contribution in [-0.2, 0) is 0 Å². The van der Waals surface area contributed by atoms with Crippen molar-refractivity contribution in [1.82, 2.24) is 0 Å². The highest BCUT2D eigenvalue weighted by Crippen LogP contribution is 2.10. The van der Waals surface area contributed by atoms with Crippen LogP contribution in [0.4, 0.5) is 0 Å². The van der Waals surface area contributed by atoms with Gasteiger partial charge >= 0.3 is 0 Å². The number of rotatable bonds is 3. The van der Waals surface area contributed by atoms with E-state index in [1.54, 1.807) is 0 Å². The van der Waals surface area contributed by atoms with Crippen molar-refractivity contribution in [3.63, 3.8) is 0 Å². The third-order valence-electron chi connectivity index (χ3n) is 1.61. The quantitative estimate of drug-likeness (QED) is 0.496. The Morgan fingerprint density at radius 3 is 1.92 bits per heavy atom. The molecule has 0 fully saturated rings. The number of hydrogen-bond acceptors (Lipinski definition) is 2. The molecule has 0 spiro atoms. The molecule has 0 aliphatic carbocycles.